The van der Waals surface area contributed by atoms with Gasteiger partial charge in [-0.25, -0.2) is 0 Å². The second-order valence-electron chi connectivity index (χ2n) is 5.87. The number of nitrogens with zero attached hydrogens (tertiary/aromatic N) is 1. The van der Waals surface area contributed by atoms with Crippen molar-refractivity contribution in [1.29, 1.82) is 0 Å². The summed E-state index contributed by atoms with van der Waals surface area (Å²) in [6, 6.07) is 16.5. The Hall–Kier alpha value is -2.27. The molecule has 0 aromatic heterocycles. The van der Waals surface area contributed by atoms with E-state index in [4.69, 9.17) is 21.7 Å². The van der Waals surface area contributed by atoms with Crippen LogP contribution in [0.25, 0.3) is 0 Å². The minimum atomic E-state index is 0.526. The first-order valence-corrected chi connectivity index (χ1v) is 8.45. The lowest BCUT2D eigenvalue weighted by molar-refractivity contribution is 0.405. The summed E-state index contributed by atoms with van der Waals surface area (Å²) in [5, 5.41) is 4.08. The topological polar surface area (TPSA) is 33.7 Å². The largest absolute Gasteiger partial charge is 0.497 e. The summed E-state index contributed by atoms with van der Waals surface area (Å²) in [6.07, 6.45) is 2.38. The normalized spacial score (nSPS) is 13.2. The fourth-order valence-corrected chi connectivity index (χ4v) is 2.91. The lowest BCUT2D eigenvalue weighted by Gasteiger charge is -2.26. The van der Waals surface area contributed by atoms with Crippen LogP contribution in [-0.2, 0) is 6.54 Å². The Morgan fingerprint density at radius 2 is 1.79 bits per heavy atom. The van der Waals surface area contributed by atoms with Crippen LogP contribution in [0.4, 0.5) is 5.69 Å². The van der Waals surface area contributed by atoms with Crippen molar-refractivity contribution in [2.24, 2.45) is 0 Å². The summed E-state index contributed by atoms with van der Waals surface area (Å²) in [5.74, 6) is 1.68. The highest BCUT2D eigenvalue weighted by atomic mass is 32.1. The molecule has 0 heterocycles. The first-order chi connectivity index (χ1) is 11.7. The molecule has 0 saturated heterocycles. The fourth-order valence-electron chi connectivity index (χ4n) is 2.58. The van der Waals surface area contributed by atoms with Gasteiger partial charge in [0.25, 0.3) is 0 Å². The first kappa shape index (κ1) is 16.6. The molecule has 24 heavy (non-hydrogen) atoms. The van der Waals surface area contributed by atoms with E-state index in [2.05, 4.69) is 22.3 Å². The van der Waals surface area contributed by atoms with Gasteiger partial charge in [0, 0.05) is 24.3 Å². The van der Waals surface area contributed by atoms with Crippen molar-refractivity contribution < 1.29 is 9.47 Å². The van der Waals surface area contributed by atoms with Crippen LogP contribution < -0.4 is 14.8 Å². The minimum absolute atomic E-state index is 0.526. The maximum absolute atomic E-state index is 5.65. The number of hydrogen-bond acceptors (Lipinski definition) is 3. The van der Waals surface area contributed by atoms with E-state index in [0.717, 1.165) is 28.8 Å². The average molecular weight is 342 g/mol. The summed E-state index contributed by atoms with van der Waals surface area (Å²) >= 11 is 5.65. The third-order valence-electron chi connectivity index (χ3n) is 4.08. The SMILES string of the molecule is COc1ccc(CN(C(=S)Nc2cccc(OC)c2)C2CC2)cc1. The predicted octanol–water partition coefficient (Wildman–Crippen LogP) is 4.07. The Morgan fingerprint density at radius 3 is 2.42 bits per heavy atom. The Morgan fingerprint density at radius 1 is 1.08 bits per heavy atom. The highest BCUT2D eigenvalue weighted by Gasteiger charge is 2.30. The van der Waals surface area contributed by atoms with Crippen molar-refractivity contribution in [1.82, 2.24) is 4.90 Å². The minimum Gasteiger partial charge on any atom is -0.497 e. The number of methoxy groups -OCH3 is 2. The van der Waals surface area contributed by atoms with Crippen molar-refractivity contribution in [3.63, 3.8) is 0 Å². The molecule has 0 atom stereocenters. The van der Waals surface area contributed by atoms with E-state index < -0.39 is 0 Å². The van der Waals surface area contributed by atoms with Crippen LogP contribution in [0, 0.1) is 0 Å². The molecule has 1 aliphatic rings. The van der Waals surface area contributed by atoms with Crippen molar-refractivity contribution >= 4 is 23.0 Å². The molecule has 0 spiro atoms. The number of rotatable bonds is 6. The molecule has 4 nitrogen and oxygen atoms in total. The average Bonchev–Trinajstić information content (AvgIpc) is 3.45. The smallest absolute Gasteiger partial charge is 0.173 e. The Bertz CT molecular complexity index is 699. The van der Waals surface area contributed by atoms with E-state index in [1.54, 1.807) is 14.2 Å². The number of nitrogens with one attached hydrogen (secondary N) is 1. The highest BCUT2D eigenvalue weighted by molar-refractivity contribution is 7.80. The van der Waals surface area contributed by atoms with E-state index in [1.807, 2.05) is 36.4 Å². The first-order valence-electron chi connectivity index (χ1n) is 8.04. The third kappa shape index (κ3) is 4.17. The van der Waals surface area contributed by atoms with Gasteiger partial charge in [0.2, 0.25) is 0 Å². The van der Waals surface area contributed by atoms with Crippen molar-refractivity contribution in [2.75, 3.05) is 19.5 Å². The molecule has 2 aromatic carbocycles. The lowest BCUT2D eigenvalue weighted by Crippen LogP contribution is -2.36. The van der Waals surface area contributed by atoms with Gasteiger partial charge in [-0.1, -0.05) is 18.2 Å². The Labute approximate surface area is 148 Å². The van der Waals surface area contributed by atoms with E-state index in [-0.39, 0.29) is 0 Å². The molecule has 5 heteroatoms. The number of benzene rings is 2. The van der Waals surface area contributed by atoms with Gasteiger partial charge in [-0.3, -0.25) is 0 Å². The van der Waals surface area contributed by atoms with Crippen molar-refractivity contribution in [2.45, 2.75) is 25.4 Å². The zero-order valence-corrected chi connectivity index (χ0v) is 14.8. The Kier molecular flexibility index (Phi) is 5.20. The van der Waals surface area contributed by atoms with E-state index >= 15 is 0 Å². The van der Waals surface area contributed by atoms with Crippen LogP contribution in [0.3, 0.4) is 0 Å². The quantitative estimate of drug-likeness (QED) is 0.801. The van der Waals surface area contributed by atoms with Gasteiger partial charge in [0.05, 0.1) is 14.2 Å². The van der Waals surface area contributed by atoms with Gasteiger partial charge in [-0.05, 0) is 54.9 Å². The van der Waals surface area contributed by atoms with Gasteiger partial charge >= 0.3 is 0 Å². The van der Waals surface area contributed by atoms with Gasteiger partial charge in [0.1, 0.15) is 11.5 Å². The maximum atomic E-state index is 5.65. The highest BCUT2D eigenvalue weighted by Crippen LogP contribution is 2.30. The van der Waals surface area contributed by atoms with Crippen LogP contribution in [-0.4, -0.2) is 30.3 Å². The second kappa shape index (κ2) is 7.53. The summed E-state index contributed by atoms with van der Waals surface area (Å²) < 4.78 is 10.5. The van der Waals surface area contributed by atoms with Gasteiger partial charge < -0.3 is 19.7 Å². The molecular weight excluding hydrogens is 320 g/mol. The Balaban J connectivity index is 1.69. The summed E-state index contributed by atoms with van der Waals surface area (Å²) in [4.78, 5) is 2.26. The van der Waals surface area contributed by atoms with Crippen molar-refractivity contribution in [3.8, 4) is 11.5 Å². The zero-order valence-electron chi connectivity index (χ0n) is 14.0. The van der Waals surface area contributed by atoms with E-state index in [0.29, 0.717) is 6.04 Å². The summed E-state index contributed by atoms with van der Waals surface area (Å²) in [5.41, 5.74) is 2.16. The number of ether oxygens (including phenoxy) is 2. The van der Waals surface area contributed by atoms with Crippen LogP contribution in [0.15, 0.2) is 48.5 Å². The van der Waals surface area contributed by atoms with E-state index in [1.165, 1.54) is 18.4 Å². The van der Waals surface area contributed by atoms with E-state index in [9.17, 15) is 0 Å². The molecule has 0 unspecified atom stereocenters. The molecule has 1 fully saturated rings. The molecule has 2 aromatic rings. The van der Waals surface area contributed by atoms with Crippen LogP contribution in [0.5, 0.6) is 11.5 Å². The molecule has 1 saturated carbocycles. The third-order valence-corrected chi connectivity index (χ3v) is 4.42. The molecule has 0 amide bonds. The molecule has 0 bridgehead atoms. The van der Waals surface area contributed by atoms with Gasteiger partial charge in [-0.15, -0.1) is 0 Å². The molecule has 0 radical (unpaired) electrons. The lowest BCUT2D eigenvalue weighted by atomic mass is 10.2. The summed E-state index contributed by atoms with van der Waals surface area (Å²) in [6.45, 7) is 0.796. The fraction of sp³-hybridized carbons (Fsp3) is 0.316. The van der Waals surface area contributed by atoms with Crippen LogP contribution in [0.1, 0.15) is 18.4 Å². The molecule has 3 rings (SSSR count). The van der Waals surface area contributed by atoms with Gasteiger partial charge in [0.15, 0.2) is 5.11 Å². The number of anilines is 1. The number of thiocarbonyl (C=S) groups is 1. The molecule has 1 N–H and O–H groups in total. The zero-order chi connectivity index (χ0) is 16.9. The number of hydrogen-bond donors (Lipinski definition) is 1. The summed E-state index contributed by atoms with van der Waals surface area (Å²) in [7, 11) is 3.34. The van der Waals surface area contributed by atoms with Crippen molar-refractivity contribution in [3.05, 3.63) is 54.1 Å². The predicted molar refractivity (Wildman–Crippen MR) is 101 cm³/mol. The molecule has 1 aliphatic carbocycles. The monoisotopic (exact) mass is 342 g/mol. The standard InChI is InChI=1S/C19H22N2O2S/c1-22-17-10-6-14(7-11-17)13-21(16-8-9-16)19(24)20-15-4-3-5-18(12-15)23-2/h3-7,10-12,16H,8-9,13H2,1-2H3,(H,20,24). The van der Waals surface area contributed by atoms with Crippen LogP contribution >= 0.6 is 12.2 Å². The molecule has 126 valence electrons. The maximum Gasteiger partial charge on any atom is 0.173 e. The van der Waals surface area contributed by atoms with Crippen LogP contribution in [0.2, 0.25) is 0 Å². The molecular formula is C19H22N2O2S. The second-order valence-corrected chi connectivity index (χ2v) is 6.26. The van der Waals surface area contributed by atoms with Gasteiger partial charge in [-0.2, -0.15) is 0 Å². The molecule has 0 aliphatic heterocycles.